The number of anilines is 1. The molecule has 2 unspecified atom stereocenters. The van der Waals surface area contributed by atoms with Gasteiger partial charge in [0.25, 0.3) is 0 Å². The van der Waals surface area contributed by atoms with E-state index in [9.17, 15) is 4.79 Å². The second-order valence-electron chi connectivity index (χ2n) is 6.03. The first kappa shape index (κ1) is 14.6. The first-order valence-electron chi connectivity index (χ1n) is 7.93. The molecule has 2 fully saturated rings. The van der Waals surface area contributed by atoms with E-state index in [0.717, 1.165) is 30.0 Å². The van der Waals surface area contributed by atoms with Gasteiger partial charge < -0.3 is 9.64 Å². The lowest BCUT2D eigenvalue weighted by molar-refractivity contribution is -0.128. The van der Waals surface area contributed by atoms with Gasteiger partial charge in [-0.1, -0.05) is 30.3 Å². The van der Waals surface area contributed by atoms with E-state index in [-0.39, 0.29) is 16.7 Å². The largest absolute Gasteiger partial charge is 0.497 e. The molecule has 0 aromatic heterocycles. The van der Waals surface area contributed by atoms with Gasteiger partial charge >= 0.3 is 0 Å². The molecule has 2 aromatic rings. The van der Waals surface area contributed by atoms with Crippen molar-refractivity contribution < 1.29 is 9.53 Å². The molecule has 0 aliphatic carbocycles. The zero-order valence-corrected chi connectivity index (χ0v) is 13.9. The molecule has 0 radical (unpaired) electrons. The molecule has 118 valence electrons. The number of thioether (sulfide) groups is 1. The Morgan fingerprint density at radius 2 is 1.87 bits per heavy atom. The number of amides is 1. The first-order valence-corrected chi connectivity index (χ1v) is 8.91. The molecular weight excluding hydrogens is 306 g/mol. The van der Waals surface area contributed by atoms with Crippen LogP contribution in [0.3, 0.4) is 0 Å². The van der Waals surface area contributed by atoms with Crippen LogP contribution in [0.15, 0.2) is 54.6 Å². The van der Waals surface area contributed by atoms with Crippen molar-refractivity contribution in [1.82, 2.24) is 0 Å². The van der Waals surface area contributed by atoms with Crippen LogP contribution in [0, 0.1) is 0 Å². The smallest absolute Gasteiger partial charge is 0.246 e. The number of carbonyl (C=O) groups is 1. The molecule has 4 rings (SSSR count). The Hall–Kier alpha value is -1.94. The molecule has 4 heteroatoms. The van der Waals surface area contributed by atoms with Gasteiger partial charge in [-0.05, 0) is 48.4 Å². The average Bonchev–Trinajstić information content (AvgIpc) is 3.12. The summed E-state index contributed by atoms with van der Waals surface area (Å²) in [5.74, 6) is 2.13. The van der Waals surface area contributed by atoms with Crippen molar-refractivity contribution in [3.05, 3.63) is 60.2 Å². The van der Waals surface area contributed by atoms with Crippen LogP contribution in [0.5, 0.6) is 5.75 Å². The molecule has 1 spiro atoms. The predicted octanol–water partition coefficient (Wildman–Crippen LogP) is 4.05. The Kier molecular flexibility index (Phi) is 3.57. The van der Waals surface area contributed by atoms with Crippen molar-refractivity contribution in [2.45, 2.75) is 23.6 Å². The van der Waals surface area contributed by atoms with Crippen LogP contribution in [0.4, 0.5) is 5.69 Å². The first-order chi connectivity index (χ1) is 11.3. The van der Waals surface area contributed by atoms with Gasteiger partial charge in [0.1, 0.15) is 10.5 Å². The lowest BCUT2D eigenvalue weighted by Crippen LogP contribution is -2.66. The monoisotopic (exact) mass is 325 g/mol. The van der Waals surface area contributed by atoms with Gasteiger partial charge in [-0.2, -0.15) is 0 Å². The van der Waals surface area contributed by atoms with Gasteiger partial charge in [0.05, 0.1) is 13.2 Å². The van der Waals surface area contributed by atoms with E-state index in [2.05, 4.69) is 24.3 Å². The molecule has 0 saturated carbocycles. The molecule has 0 bridgehead atoms. The van der Waals surface area contributed by atoms with Crippen LogP contribution in [-0.4, -0.2) is 23.5 Å². The summed E-state index contributed by atoms with van der Waals surface area (Å²) in [4.78, 5) is 14.9. The molecule has 2 saturated heterocycles. The zero-order chi connectivity index (χ0) is 15.9. The Morgan fingerprint density at radius 1 is 1.13 bits per heavy atom. The number of benzene rings is 2. The Labute approximate surface area is 140 Å². The molecule has 2 aromatic carbocycles. The fourth-order valence-corrected chi connectivity index (χ4v) is 5.25. The fraction of sp³-hybridized carbons (Fsp3) is 0.316. The van der Waals surface area contributed by atoms with E-state index in [0.29, 0.717) is 0 Å². The van der Waals surface area contributed by atoms with Crippen LogP contribution >= 0.6 is 11.8 Å². The van der Waals surface area contributed by atoms with Crippen molar-refractivity contribution in [1.29, 1.82) is 0 Å². The van der Waals surface area contributed by atoms with Gasteiger partial charge in [0.2, 0.25) is 5.91 Å². The highest BCUT2D eigenvalue weighted by molar-refractivity contribution is 8.01. The number of β-lactam (4-membered cyclic amide) rings is 1. The molecule has 23 heavy (non-hydrogen) atoms. The highest BCUT2D eigenvalue weighted by atomic mass is 32.2. The van der Waals surface area contributed by atoms with Crippen LogP contribution in [0.25, 0.3) is 0 Å². The SMILES string of the molecule is COc1ccc(N2C(=O)C3(CCCS3)C2c2ccccc2)cc1. The molecular formula is C19H19NO2S. The van der Waals surface area contributed by atoms with E-state index in [1.807, 2.05) is 47.0 Å². The van der Waals surface area contributed by atoms with E-state index in [4.69, 9.17) is 4.74 Å². The average molecular weight is 325 g/mol. The van der Waals surface area contributed by atoms with Gasteiger partial charge in [0, 0.05) is 5.69 Å². The lowest BCUT2D eigenvalue weighted by atomic mass is 9.78. The molecule has 1 amide bonds. The maximum Gasteiger partial charge on any atom is 0.246 e. The van der Waals surface area contributed by atoms with Crippen molar-refractivity contribution in [2.75, 3.05) is 17.8 Å². The standard InChI is InChI=1S/C19H19NO2S/c1-22-16-10-8-15(9-11-16)20-17(14-6-3-2-4-7-14)19(18(20)21)12-5-13-23-19/h2-4,6-11,17H,5,12-13H2,1H3. The van der Waals surface area contributed by atoms with E-state index in [1.54, 1.807) is 7.11 Å². The molecule has 0 N–H and O–H groups in total. The third-order valence-corrected chi connectivity index (χ3v) is 6.41. The predicted molar refractivity (Wildman–Crippen MR) is 94.1 cm³/mol. The minimum absolute atomic E-state index is 0.122. The Bertz CT molecular complexity index is 708. The minimum Gasteiger partial charge on any atom is -0.497 e. The number of methoxy groups -OCH3 is 1. The topological polar surface area (TPSA) is 29.5 Å². The summed E-state index contributed by atoms with van der Waals surface area (Å²) in [6.45, 7) is 0. The molecule has 2 aliphatic heterocycles. The molecule has 2 heterocycles. The molecule has 2 aliphatic rings. The van der Waals surface area contributed by atoms with Crippen molar-refractivity contribution in [2.24, 2.45) is 0 Å². The second-order valence-corrected chi connectivity index (χ2v) is 7.45. The number of hydrogen-bond acceptors (Lipinski definition) is 3. The van der Waals surface area contributed by atoms with Crippen LogP contribution < -0.4 is 9.64 Å². The maximum atomic E-state index is 13.0. The summed E-state index contributed by atoms with van der Waals surface area (Å²) in [5.41, 5.74) is 2.17. The summed E-state index contributed by atoms with van der Waals surface area (Å²) < 4.78 is 4.96. The van der Waals surface area contributed by atoms with E-state index < -0.39 is 0 Å². The quantitative estimate of drug-likeness (QED) is 0.797. The third kappa shape index (κ3) is 2.16. The maximum absolute atomic E-state index is 13.0. The zero-order valence-electron chi connectivity index (χ0n) is 13.1. The number of rotatable bonds is 3. The Morgan fingerprint density at radius 3 is 2.48 bits per heavy atom. The number of ether oxygens (including phenoxy) is 1. The minimum atomic E-state index is -0.263. The summed E-state index contributed by atoms with van der Waals surface area (Å²) in [7, 11) is 1.65. The lowest BCUT2D eigenvalue weighted by Gasteiger charge is -2.54. The molecule has 2 atom stereocenters. The van der Waals surface area contributed by atoms with Crippen molar-refractivity contribution in [3.8, 4) is 5.75 Å². The van der Waals surface area contributed by atoms with E-state index >= 15 is 0 Å². The van der Waals surface area contributed by atoms with Crippen molar-refractivity contribution in [3.63, 3.8) is 0 Å². The van der Waals surface area contributed by atoms with Gasteiger partial charge in [-0.3, -0.25) is 4.79 Å². The summed E-state index contributed by atoms with van der Waals surface area (Å²) in [6, 6.07) is 18.3. The fourth-order valence-electron chi connectivity index (χ4n) is 3.69. The number of nitrogens with zero attached hydrogens (tertiary/aromatic N) is 1. The Balaban J connectivity index is 1.74. The normalized spacial score (nSPS) is 26.4. The van der Waals surface area contributed by atoms with E-state index in [1.165, 1.54) is 5.56 Å². The third-order valence-electron chi connectivity index (χ3n) is 4.80. The van der Waals surface area contributed by atoms with Crippen LogP contribution in [-0.2, 0) is 4.79 Å². The van der Waals surface area contributed by atoms with Gasteiger partial charge in [-0.15, -0.1) is 11.8 Å². The summed E-state index contributed by atoms with van der Waals surface area (Å²) in [5, 5.41) is 0. The molecule has 3 nitrogen and oxygen atoms in total. The van der Waals surface area contributed by atoms with Gasteiger partial charge in [0.15, 0.2) is 0 Å². The van der Waals surface area contributed by atoms with Gasteiger partial charge in [-0.25, -0.2) is 0 Å². The van der Waals surface area contributed by atoms with Crippen LogP contribution in [0.1, 0.15) is 24.4 Å². The number of hydrogen-bond donors (Lipinski definition) is 0. The highest BCUT2D eigenvalue weighted by Crippen LogP contribution is 2.58. The summed E-state index contributed by atoms with van der Waals surface area (Å²) in [6.07, 6.45) is 2.10. The summed E-state index contributed by atoms with van der Waals surface area (Å²) >= 11 is 1.83. The highest BCUT2D eigenvalue weighted by Gasteiger charge is 2.63. The van der Waals surface area contributed by atoms with Crippen molar-refractivity contribution >= 4 is 23.4 Å². The second kappa shape index (κ2) is 5.60. The number of carbonyl (C=O) groups excluding carboxylic acids is 1. The van der Waals surface area contributed by atoms with Crippen LogP contribution in [0.2, 0.25) is 0 Å².